The maximum Gasteiger partial charge on any atom is 0.109 e. The number of rotatable bonds is 3. The normalized spacial score (nSPS) is 20.9. The fourth-order valence-electron chi connectivity index (χ4n) is 3.15. The molecule has 2 aromatic heterocycles. The minimum absolute atomic E-state index is 0.278. The summed E-state index contributed by atoms with van der Waals surface area (Å²) in [6.45, 7) is 9.55. The van der Waals surface area contributed by atoms with Crippen molar-refractivity contribution in [2.24, 2.45) is 5.41 Å². The molecule has 0 fully saturated rings. The van der Waals surface area contributed by atoms with Crippen LogP contribution in [0, 0.1) is 19.3 Å². The monoisotopic (exact) mass is 273 g/mol. The molecule has 1 atom stereocenters. The van der Waals surface area contributed by atoms with Gasteiger partial charge in [0.15, 0.2) is 0 Å². The lowest BCUT2D eigenvalue weighted by Gasteiger charge is -2.34. The van der Waals surface area contributed by atoms with Crippen LogP contribution in [-0.4, -0.2) is 10.2 Å². The van der Waals surface area contributed by atoms with E-state index in [1.807, 2.05) is 13.1 Å². The lowest BCUT2D eigenvalue weighted by Crippen LogP contribution is -2.32. The molecule has 0 spiro atoms. The Labute approximate surface area is 120 Å². The van der Waals surface area contributed by atoms with Gasteiger partial charge in [-0.05, 0) is 31.7 Å². The van der Waals surface area contributed by atoms with Gasteiger partial charge in [-0.1, -0.05) is 13.8 Å². The highest BCUT2D eigenvalue weighted by atomic mass is 16.3. The SMILES string of the molecule is Cc1cc2c(o1)CC(C)(C)C[C@H]2NCc1cn[nH]c1C. The van der Waals surface area contributed by atoms with Gasteiger partial charge in [-0.3, -0.25) is 5.10 Å². The van der Waals surface area contributed by atoms with Crippen LogP contribution in [0.1, 0.15) is 54.7 Å². The second-order valence-electron chi connectivity index (χ2n) is 6.73. The van der Waals surface area contributed by atoms with E-state index in [0.29, 0.717) is 6.04 Å². The molecule has 108 valence electrons. The molecule has 1 aliphatic carbocycles. The third-order valence-electron chi connectivity index (χ3n) is 4.21. The van der Waals surface area contributed by atoms with Crippen LogP contribution < -0.4 is 5.32 Å². The minimum atomic E-state index is 0.278. The predicted octanol–water partition coefficient (Wildman–Crippen LogP) is 3.42. The van der Waals surface area contributed by atoms with Crippen molar-refractivity contribution >= 4 is 0 Å². The molecule has 2 N–H and O–H groups in total. The van der Waals surface area contributed by atoms with E-state index in [4.69, 9.17) is 4.42 Å². The molecule has 20 heavy (non-hydrogen) atoms. The average molecular weight is 273 g/mol. The van der Waals surface area contributed by atoms with E-state index in [2.05, 4.69) is 42.4 Å². The van der Waals surface area contributed by atoms with Crippen molar-refractivity contribution in [2.45, 2.75) is 53.1 Å². The molecule has 0 aromatic carbocycles. The molecule has 4 nitrogen and oxygen atoms in total. The van der Waals surface area contributed by atoms with Crippen molar-refractivity contribution < 1.29 is 4.42 Å². The Morgan fingerprint density at radius 1 is 1.45 bits per heavy atom. The molecule has 0 aliphatic heterocycles. The van der Waals surface area contributed by atoms with Crippen molar-refractivity contribution in [3.63, 3.8) is 0 Å². The summed E-state index contributed by atoms with van der Waals surface area (Å²) in [4.78, 5) is 0. The van der Waals surface area contributed by atoms with Gasteiger partial charge in [0.05, 0.1) is 6.20 Å². The number of aromatic amines is 1. The third-order valence-corrected chi connectivity index (χ3v) is 4.21. The van der Waals surface area contributed by atoms with Gasteiger partial charge >= 0.3 is 0 Å². The van der Waals surface area contributed by atoms with Gasteiger partial charge in [0.1, 0.15) is 11.5 Å². The van der Waals surface area contributed by atoms with Crippen LogP contribution in [0.5, 0.6) is 0 Å². The molecule has 1 aliphatic rings. The van der Waals surface area contributed by atoms with Crippen LogP contribution in [0.2, 0.25) is 0 Å². The molecular formula is C16H23N3O. The van der Waals surface area contributed by atoms with Crippen molar-refractivity contribution in [2.75, 3.05) is 0 Å². The van der Waals surface area contributed by atoms with Gasteiger partial charge in [-0.25, -0.2) is 0 Å². The van der Waals surface area contributed by atoms with Gasteiger partial charge in [0.2, 0.25) is 0 Å². The van der Waals surface area contributed by atoms with Crippen LogP contribution in [0.25, 0.3) is 0 Å². The molecule has 0 amide bonds. The number of hydrogen-bond donors (Lipinski definition) is 2. The molecular weight excluding hydrogens is 250 g/mol. The lowest BCUT2D eigenvalue weighted by atomic mass is 9.74. The molecule has 0 unspecified atom stereocenters. The molecule has 0 bridgehead atoms. The van der Waals surface area contributed by atoms with Gasteiger partial charge < -0.3 is 9.73 Å². The zero-order valence-electron chi connectivity index (χ0n) is 12.7. The topological polar surface area (TPSA) is 53.9 Å². The fraction of sp³-hybridized carbons (Fsp3) is 0.562. The number of aryl methyl sites for hydroxylation is 2. The number of hydrogen-bond acceptors (Lipinski definition) is 3. The van der Waals surface area contributed by atoms with E-state index in [1.54, 1.807) is 0 Å². The van der Waals surface area contributed by atoms with E-state index in [1.165, 1.54) is 11.1 Å². The Bertz CT molecular complexity index is 609. The van der Waals surface area contributed by atoms with Crippen LogP contribution in [0.15, 0.2) is 16.7 Å². The Balaban J connectivity index is 1.80. The highest BCUT2D eigenvalue weighted by molar-refractivity contribution is 5.29. The largest absolute Gasteiger partial charge is 0.466 e. The summed E-state index contributed by atoms with van der Waals surface area (Å²) in [5, 5.41) is 10.7. The quantitative estimate of drug-likeness (QED) is 0.901. The summed E-state index contributed by atoms with van der Waals surface area (Å²) in [5.41, 5.74) is 3.98. The van der Waals surface area contributed by atoms with Crippen molar-refractivity contribution in [1.29, 1.82) is 0 Å². The Morgan fingerprint density at radius 2 is 2.25 bits per heavy atom. The van der Waals surface area contributed by atoms with E-state index < -0.39 is 0 Å². The van der Waals surface area contributed by atoms with E-state index in [0.717, 1.165) is 36.6 Å². The highest BCUT2D eigenvalue weighted by Gasteiger charge is 2.34. The van der Waals surface area contributed by atoms with E-state index >= 15 is 0 Å². The highest BCUT2D eigenvalue weighted by Crippen LogP contribution is 2.42. The summed E-state index contributed by atoms with van der Waals surface area (Å²) in [7, 11) is 0. The maximum absolute atomic E-state index is 5.87. The average Bonchev–Trinajstić information content (AvgIpc) is 2.90. The number of fused-ring (bicyclic) bond motifs is 1. The number of furan rings is 1. The summed E-state index contributed by atoms with van der Waals surface area (Å²) in [6, 6.07) is 2.55. The van der Waals surface area contributed by atoms with E-state index in [-0.39, 0.29) is 5.41 Å². The maximum atomic E-state index is 5.87. The number of H-pyrrole nitrogens is 1. The fourth-order valence-corrected chi connectivity index (χ4v) is 3.15. The summed E-state index contributed by atoms with van der Waals surface area (Å²) < 4.78 is 5.87. The number of aromatic nitrogens is 2. The smallest absolute Gasteiger partial charge is 0.109 e. The Kier molecular flexibility index (Phi) is 3.21. The van der Waals surface area contributed by atoms with E-state index in [9.17, 15) is 0 Å². The van der Waals surface area contributed by atoms with Crippen LogP contribution in [-0.2, 0) is 13.0 Å². The first-order valence-corrected chi connectivity index (χ1v) is 7.26. The van der Waals surface area contributed by atoms with Gasteiger partial charge in [-0.15, -0.1) is 0 Å². The second kappa shape index (κ2) is 4.77. The first-order chi connectivity index (χ1) is 9.44. The van der Waals surface area contributed by atoms with Crippen molar-refractivity contribution in [1.82, 2.24) is 15.5 Å². The molecule has 3 rings (SSSR count). The molecule has 2 aromatic rings. The molecule has 0 saturated heterocycles. The third kappa shape index (κ3) is 2.52. The second-order valence-corrected chi connectivity index (χ2v) is 6.73. The predicted molar refractivity (Wildman–Crippen MR) is 78.5 cm³/mol. The van der Waals surface area contributed by atoms with Crippen molar-refractivity contribution in [3.8, 4) is 0 Å². The first kappa shape index (κ1) is 13.4. The molecule has 0 radical (unpaired) electrons. The number of nitrogens with one attached hydrogen (secondary N) is 2. The summed E-state index contributed by atoms with van der Waals surface area (Å²) in [6.07, 6.45) is 4.06. The number of nitrogens with zero attached hydrogens (tertiary/aromatic N) is 1. The molecule has 0 saturated carbocycles. The lowest BCUT2D eigenvalue weighted by molar-refractivity contribution is 0.233. The zero-order valence-corrected chi connectivity index (χ0v) is 12.7. The van der Waals surface area contributed by atoms with Crippen LogP contribution in [0.4, 0.5) is 0 Å². The van der Waals surface area contributed by atoms with Gasteiger partial charge in [0, 0.05) is 35.8 Å². The van der Waals surface area contributed by atoms with Crippen LogP contribution >= 0.6 is 0 Å². The van der Waals surface area contributed by atoms with Crippen LogP contribution in [0.3, 0.4) is 0 Å². The zero-order chi connectivity index (χ0) is 14.3. The van der Waals surface area contributed by atoms with Gasteiger partial charge in [0.25, 0.3) is 0 Å². The minimum Gasteiger partial charge on any atom is -0.466 e. The first-order valence-electron chi connectivity index (χ1n) is 7.26. The Hall–Kier alpha value is -1.55. The standard InChI is InChI=1S/C16H23N3O/c1-10-5-13-14(6-16(3,4)7-15(13)20-10)17-8-12-9-18-19-11(12)2/h5,9,14,17H,6-8H2,1-4H3,(H,18,19)/t14-/m1/s1. The van der Waals surface area contributed by atoms with Gasteiger partial charge in [-0.2, -0.15) is 5.10 Å². The molecule has 4 heteroatoms. The summed E-state index contributed by atoms with van der Waals surface area (Å²) in [5.74, 6) is 2.17. The Morgan fingerprint density at radius 3 is 2.95 bits per heavy atom. The summed E-state index contributed by atoms with van der Waals surface area (Å²) >= 11 is 0. The van der Waals surface area contributed by atoms with Crippen molar-refractivity contribution in [3.05, 3.63) is 40.6 Å². The molecule has 2 heterocycles.